The lowest BCUT2D eigenvalue weighted by Crippen LogP contribution is -2.37. The van der Waals surface area contributed by atoms with Gasteiger partial charge in [-0.3, -0.25) is 0 Å². The number of hydrogen-bond donors (Lipinski definition) is 0. The summed E-state index contributed by atoms with van der Waals surface area (Å²) in [5.41, 5.74) is 3.23. The number of likely N-dealkylation sites (tertiary alicyclic amines) is 1. The molecule has 6 nitrogen and oxygen atoms in total. The summed E-state index contributed by atoms with van der Waals surface area (Å²) in [4.78, 5) is 21.5. The molecule has 2 aliphatic rings. The number of nitrogens with zero attached hydrogens (tertiary/aromatic N) is 3. The maximum Gasteiger partial charge on any atom is 0.410 e. The van der Waals surface area contributed by atoms with Gasteiger partial charge in [0.2, 0.25) is 0 Å². The summed E-state index contributed by atoms with van der Waals surface area (Å²) in [6.07, 6.45) is 3.60. The number of rotatable bonds is 4. The van der Waals surface area contributed by atoms with E-state index in [1.807, 2.05) is 41.4 Å². The fourth-order valence-electron chi connectivity index (χ4n) is 4.01. The van der Waals surface area contributed by atoms with Crippen LogP contribution in [0.5, 0.6) is 0 Å². The standard InChI is InChI=1S/C22H27N3O3/c1-17-14-19(15-23-21(17)24-10-12-27-13-11-24)20-8-5-9-25(20)22(26)28-16-18-6-3-2-4-7-18/h2-4,6-7,14-15,20H,5,8-13,16H2,1H3. The van der Waals surface area contributed by atoms with Crippen LogP contribution in [0.4, 0.5) is 10.6 Å². The van der Waals surface area contributed by atoms with E-state index in [0.717, 1.165) is 68.2 Å². The highest BCUT2D eigenvalue weighted by molar-refractivity contribution is 5.69. The van der Waals surface area contributed by atoms with Crippen LogP contribution in [-0.4, -0.2) is 48.8 Å². The second-order valence-corrected chi connectivity index (χ2v) is 7.40. The highest BCUT2D eigenvalue weighted by Gasteiger charge is 2.32. The summed E-state index contributed by atoms with van der Waals surface area (Å²) >= 11 is 0. The minimum Gasteiger partial charge on any atom is -0.445 e. The Morgan fingerprint density at radius 1 is 1.21 bits per heavy atom. The Kier molecular flexibility index (Phi) is 5.76. The molecule has 28 heavy (non-hydrogen) atoms. The predicted octanol–water partition coefficient (Wildman–Crippen LogP) is 3.70. The van der Waals surface area contributed by atoms with Crippen molar-refractivity contribution >= 4 is 11.9 Å². The van der Waals surface area contributed by atoms with Crippen LogP contribution in [0.1, 0.15) is 35.6 Å². The van der Waals surface area contributed by atoms with E-state index in [9.17, 15) is 4.79 Å². The summed E-state index contributed by atoms with van der Waals surface area (Å²) in [6.45, 7) is 6.34. The lowest BCUT2D eigenvalue weighted by atomic mass is 10.0. The van der Waals surface area contributed by atoms with E-state index in [0.29, 0.717) is 6.61 Å². The van der Waals surface area contributed by atoms with Gasteiger partial charge in [-0.1, -0.05) is 30.3 Å². The Balaban J connectivity index is 1.43. The van der Waals surface area contributed by atoms with E-state index < -0.39 is 0 Å². The predicted molar refractivity (Wildman–Crippen MR) is 107 cm³/mol. The SMILES string of the molecule is Cc1cc(C2CCCN2C(=O)OCc2ccccc2)cnc1N1CCOCC1. The number of carbonyl (C=O) groups is 1. The number of aromatic nitrogens is 1. The summed E-state index contributed by atoms with van der Waals surface area (Å²) < 4.78 is 11.0. The summed E-state index contributed by atoms with van der Waals surface area (Å²) in [5.74, 6) is 1.02. The Labute approximate surface area is 166 Å². The van der Waals surface area contributed by atoms with Gasteiger partial charge in [-0.2, -0.15) is 0 Å². The Bertz CT molecular complexity index is 806. The molecule has 0 radical (unpaired) electrons. The van der Waals surface area contributed by atoms with Crippen LogP contribution in [0.3, 0.4) is 0 Å². The quantitative estimate of drug-likeness (QED) is 0.808. The van der Waals surface area contributed by atoms with Crippen LogP contribution < -0.4 is 4.90 Å². The fourth-order valence-corrected chi connectivity index (χ4v) is 4.01. The van der Waals surface area contributed by atoms with Gasteiger partial charge in [-0.25, -0.2) is 9.78 Å². The van der Waals surface area contributed by atoms with Gasteiger partial charge in [0.15, 0.2) is 0 Å². The number of carbonyl (C=O) groups excluding carboxylic acids is 1. The van der Waals surface area contributed by atoms with E-state index in [1.165, 1.54) is 0 Å². The molecule has 2 aliphatic heterocycles. The average Bonchev–Trinajstić information content (AvgIpc) is 3.23. The molecule has 6 heteroatoms. The first kappa shape index (κ1) is 18.7. The molecule has 2 aromatic rings. The topological polar surface area (TPSA) is 54.9 Å². The summed E-state index contributed by atoms with van der Waals surface area (Å²) in [5, 5.41) is 0. The molecular weight excluding hydrogens is 354 g/mol. The van der Waals surface area contributed by atoms with Gasteiger partial charge >= 0.3 is 6.09 Å². The lowest BCUT2D eigenvalue weighted by Gasteiger charge is -2.30. The molecule has 0 spiro atoms. The molecule has 2 saturated heterocycles. The van der Waals surface area contributed by atoms with Gasteiger partial charge < -0.3 is 19.3 Å². The van der Waals surface area contributed by atoms with E-state index in [-0.39, 0.29) is 12.1 Å². The van der Waals surface area contributed by atoms with E-state index in [2.05, 4.69) is 17.9 Å². The van der Waals surface area contributed by atoms with Crippen molar-refractivity contribution in [2.24, 2.45) is 0 Å². The first-order valence-electron chi connectivity index (χ1n) is 9.99. The highest BCUT2D eigenvalue weighted by atomic mass is 16.6. The second kappa shape index (κ2) is 8.61. The van der Waals surface area contributed by atoms with Gasteiger partial charge in [0, 0.05) is 25.8 Å². The zero-order chi connectivity index (χ0) is 19.3. The number of hydrogen-bond acceptors (Lipinski definition) is 5. The Morgan fingerprint density at radius 2 is 2.00 bits per heavy atom. The summed E-state index contributed by atoms with van der Waals surface area (Å²) in [7, 11) is 0. The van der Waals surface area contributed by atoms with Gasteiger partial charge in [0.25, 0.3) is 0 Å². The smallest absolute Gasteiger partial charge is 0.410 e. The van der Waals surface area contributed by atoms with Crippen molar-refractivity contribution in [3.8, 4) is 0 Å². The van der Waals surface area contributed by atoms with Crippen LogP contribution in [0, 0.1) is 6.92 Å². The monoisotopic (exact) mass is 381 g/mol. The Hall–Kier alpha value is -2.60. The van der Waals surface area contributed by atoms with E-state index in [1.54, 1.807) is 0 Å². The number of aryl methyl sites for hydroxylation is 1. The van der Waals surface area contributed by atoms with Crippen molar-refractivity contribution in [3.05, 3.63) is 59.3 Å². The molecule has 1 amide bonds. The number of ether oxygens (including phenoxy) is 2. The third kappa shape index (κ3) is 4.12. The maximum atomic E-state index is 12.7. The van der Waals surface area contributed by atoms with E-state index >= 15 is 0 Å². The van der Waals surface area contributed by atoms with Gasteiger partial charge in [0.05, 0.1) is 19.3 Å². The maximum absolute atomic E-state index is 12.7. The molecule has 1 aromatic carbocycles. The summed E-state index contributed by atoms with van der Waals surface area (Å²) in [6, 6.07) is 12.0. The number of anilines is 1. The molecule has 148 valence electrons. The third-order valence-corrected chi connectivity index (χ3v) is 5.46. The van der Waals surface area contributed by atoms with Crippen molar-refractivity contribution in [2.45, 2.75) is 32.4 Å². The zero-order valence-electron chi connectivity index (χ0n) is 16.3. The van der Waals surface area contributed by atoms with Crippen molar-refractivity contribution in [3.63, 3.8) is 0 Å². The van der Waals surface area contributed by atoms with Gasteiger partial charge in [-0.05, 0) is 42.5 Å². The molecule has 0 bridgehead atoms. The molecule has 2 fully saturated rings. The van der Waals surface area contributed by atoms with Crippen molar-refractivity contribution in [1.82, 2.24) is 9.88 Å². The molecule has 1 unspecified atom stereocenters. The molecule has 0 N–H and O–H groups in total. The first-order chi connectivity index (χ1) is 13.7. The average molecular weight is 381 g/mol. The minimum absolute atomic E-state index is 0.0354. The largest absolute Gasteiger partial charge is 0.445 e. The van der Waals surface area contributed by atoms with Crippen LogP contribution in [0.2, 0.25) is 0 Å². The molecule has 1 aromatic heterocycles. The van der Waals surface area contributed by atoms with Crippen molar-refractivity contribution < 1.29 is 14.3 Å². The minimum atomic E-state index is -0.249. The Morgan fingerprint density at radius 3 is 2.75 bits per heavy atom. The second-order valence-electron chi connectivity index (χ2n) is 7.40. The van der Waals surface area contributed by atoms with Crippen LogP contribution in [0.15, 0.2) is 42.6 Å². The van der Waals surface area contributed by atoms with Crippen LogP contribution in [0.25, 0.3) is 0 Å². The molecule has 4 rings (SSSR count). The van der Waals surface area contributed by atoms with Crippen LogP contribution in [-0.2, 0) is 16.1 Å². The molecular formula is C22H27N3O3. The van der Waals surface area contributed by atoms with Gasteiger partial charge in [0.1, 0.15) is 12.4 Å². The highest BCUT2D eigenvalue weighted by Crippen LogP contribution is 2.34. The van der Waals surface area contributed by atoms with Crippen LogP contribution >= 0.6 is 0 Å². The number of pyridine rings is 1. The number of benzene rings is 1. The fraction of sp³-hybridized carbons (Fsp3) is 0.455. The normalized spacial score (nSPS) is 19.7. The molecule has 0 saturated carbocycles. The van der Waals surface area contributed by atoms with Crippen molar-refractivity contribution in [2.75, 3.05) is 37.7 Å². The molecule has 1 atom stereocenters. The number of morpholine rings is 1. The first-order valence-corrected chi connectivity index (χ1v) is 9.99. The lowest BCUT2D eigenvalue weighted by molar-refractivity contribution is 0.0920. The molecule has 3 heterocycles. The van der Waals surface area contributed by atoms with Gasteiger partial charge in [-0.15, -0.1) is 0 Å². The molecule has 0 aliphatic carbocycles. The van der Waals surface area contributed by atoms with E-state index in [4.69, 9.17) is 14.5 Å². The number of amides is 1. The van der Waals surface area contributed by atoms with Crippen molar-refractivity contribution in [1.29, 1.82) is 0 Å². The third-order valence-electron chi connectivity index (χ3n) is 5.46. The zero-order valence-corrected chi connectivity index (χ0v) is 16.3.